The molecule has 110 valence electrons. The van der Waals surface area contributed by atoms with E-state index in [1.165, 1.54) is 12.5 Å². The van der Waals surface area contributed by atoms with Crippen LogP contribution in [-0.2, 0) is 6.42 Å². The van der Waals surface area contributed by atoms with Crippen molar-refractivity contribution >= 4 is 17.3 Å². The summed E-state index contributed by atoms with van der Waals surface area (Å²) in [5, 5.41) is 11.7. The van der Waals surface area contributed by atoms with E-state index in [0.29, 0.717) is 29.5 Å². The molecule has 1 aromatic rings. The molecular weight excluding hydrogens is 276 g/mol. The lowest BCUT2D eigenvalue weighted by Crippen LogP contribution is -2.37. The maximum absolute atomic E-state index is 11.2. The second-order valence-electron chi connectivity index (χ2n) is 6.11. The van der Waals surface area contributed by atoms with Crippen molar-refractivity contribution in [2.45, 2.75) is 39.0 Å². The van der Waals surface area contributed by atoms with Gasteiger partial charge in [0.05, 0.1) is 4.92 Å². The van der Waals surface area contributed by atoms with Gasteiger partial charge in [-0.1, -0.05) is 31.4 Å². The van der Waals surface area contributed by atoms with Gasteiger partial charge in [0.25, 0.3) is 5.69 Å². The van der Waals surface area contributed by atoms with Gasteiger partial charge in [-0.15, -0.1) is 0 Å². The molecule has 0 amide bonds. The Hall–Kier alpha value is -1.13. The first-order valence-corrected chi connectivity index (χ1v) is 7.46. The molecule has 5 heteroatoms. The van der Waals surface area contributed by atoms with E-state index in [1.54, 1.807) is 12.1 Å². The number of benzene rings is 1. The molecule has 1 aliphatic rings. The first kappa shape index (κ1) is 15.3. The summed E-state index contributed by atoms with van der Waals surface area (Å²) in [5.41, 5.74) is 6.85. The third kappa shape index (κ3) is 3.30. The van der Waals surface area contributed by atoms with Crippen LogP contribution in [0.25, 0.3) is 0 Å². The number of rotatable bonds is 4. The van der Waals surface area contributed by atoms with Gasteiger partial charge in [-0.25, -0.2) is 0 Å². The molecule has 1 aromatic carbocycles. The molecule has 2 unspecified atom stereocenters. The van der Waals surface area contributed by atoms with Crippen molar-refractivity contribution in [3.63, 3.8) is 0 Å². The van der Waals surface area contributed by atoms with Gasteiger partial charge in [0.1, 0.15) is 0 Å². The minimum absolute atomic E-state index is 0.0207. The number of nitrogens with two attached hydrogens (primary N) is 1. The Kier molecular flexibility index (Phi) is 4.66. The number of nitro benzene ring substituents is 1. The van der Waals surface area contributed by atoms with Crippen LogP contribution < -0.4 is 5.73 Å². The monoisotopic (exact) mass is 296 g/mol. The molecule has 1 aliphatic carbocycles. The molecule has 2 rings (SSSR count). The predicted octanol–water partition coefficient (Wildman–Crippen LogP) is 3.95. The molecule has 0 spiro atoms. The zero-order chi connectivity index (χ0) is 14.8. The SMILES string of the molecule is CC1CCCC(CN)(Cc2cc(Cl)ccc2[N+](=O)[O-])C1. The van der Waals surface area contributed by atoms with Gasteiger partial charge in [0.2, 0.25) is 0 Å². The third-order valence-corrected chi connectivity index (χ3v) is 4.66. The van der Waals surface area contributed by atoms with Gasteiger partial charge in [-0.2, -0.15) is 0 Å². The lowest BCUT2D eigenvalue weighted by molar-refractivity contribution is -0.385. The summed E-state index contributed by atoms with van der Waals surface area (Å²) in [6, 6.07) is 4.78. The maximum Gasteiger partial charge on any atom is 0.272 e. The van der Waals surface area contributed by atoms with Crippen molar-refractivity contribution in [2.75, 3.05) is 6.54 Å². The van der Waals surface area contributed by atoms with E-state index in [1.807, 2.05) is 0 Å². The molecule has 20 heavy (non-hydrogen) atoms. The predicted molar refractivity (Wildman–Crippen MR) is 80.9 cm³/mol. The molecule has 2 N–H and O–H groups in total. The summed E-state index contributed by atoms with van der Waals surface area (Å²) < 4.78 is 0. The molecule has 0 bridgehead atoms. The molecule has 0 heterocycles. The first-order valence-electron chi connectivity index (χ1n) is 7.09. The van der Waals surface area contributed by atoms with Crippen molar-refractivity contribution in [2.24, 2.45) is 17.1 Å². The minimum atomic E-state index is -0.331. The normalized spacial score (nSPS) is 26.4. The van der Waals surface area contributed by atoms with Gasteiger partial charge in [0.15, 0.2) is 0 Å². The summed E-state index contributed by atoms with van der Waals surface area (Å²) in [5.74, 6) is 0.630. The van der Waals surface area contributed by atoms with Crippen LogP contribution in [0.4, 0.5) is 5.69 Å². The van der Waals surface area contributed by atoms with E-state index >= 15 is 0 Å². The Morgan fingerprint density at radius 2 is 2.30 bits per heavy atom. The van der Waals surface area contributed by atoms with Crippen LogP contribution in [-0.4, -0.2) is 11.5 Å². The fourth-order valence-electron chi connectivity index (χ4n) is 3.46. The van der Waals surface area contributed by atoms with E-state index in [0.717, 1.165) is 19.3 Å². The van der Waals surface area contributed by atoms with Crippen molar-refractivity contribution < 1.29 is 4.92 Å². The van der Waals surface area contributed by atoms with Gasteiger partial charge in [-0.3, -0.25) is 10.1 Å². The lowest BCUT2D eigenvalue weighted by atomic mass is 9.67. The van der Waals surface area contributed by atoms with E-state index in [9.17, 15) is 10.1 Å². The van der Waals surface area contributed by atoms with Gasteiger partial charge in [-0.05, 0) is 49.3 Å². The topological polar surface area (TPSA) is 69.2 Å². The summed E-state index contributed by atoms with van der Waals surface area (Å²) in [4.78, 5) is 10.8. The summed E-state index contributed by atoms with van der Waals surface area (Å²) in [7, 11) is 0. The van der Waals surface area contributed by atoms with Crippen LogP contribution in [0, 0.1) is 21.4 Å². The van der Waals surface area contributed by atoms with E-state index in [-0.39, 0.29) is 16.0 Å². The standard InChI is InChI=1S/C15H21ClN2O2/c1-11-3-2-6-15(8-11,10-17)9-12-7-13(16)4-5-14(12)18(19)20/h4-5,7,11H,2-3,6,8-10,17H2,1H3. The molecule has 0 radical (unpaired) electrons. The Balaban J connectivity index is 2.31. The third-order valence-electron chi connectivity index (χ3n) is 4.42. The highest BCUT2D eigenvalue weighted by Gasteiger charge is 2.35. The number of nitrogens with zero attached hydrogens (tertiary/aromatic N) is 1. The number of halogens is 1. The highest BCUT2D eigenvalue weighted by atomic mass is 35.5. The zero-order valence-electron chi connectivity index (χ0n) is 11.8. The quantitative estimate of drug-likeness (QED) is 0.675. The Bertz CT molecular complexity index is 507. The van der Waals surface area contributed by atoms with Crippen LogP contribution in [0.1, 0.15) is 38.2 Å². The number of hydrogen-bond acceptors (Lipinski definition) is 3. The van der Waals surface area contributed by atoms with Crippen molar-refractivity contribution in [1.82, 2.24) is 0 Å². The van der Waals surface area contributed by atoms with Crippen molar-refractivity contribution in [3.8, 4) is 0 Å². The molecule has 4 nitrogen and oxygen atoms in total. The Morgan fingerprint density at radius 3 is 2.90 bits per heavy atom. The molecule has 2 atom stereocenters. The highest BCUT2D eigenvalue weighted by Crippen LogP contribution is 2.42. The van der Waals surface area contributed by atoms with Gasteiger partial charge < -0.3 is 5.73 Å². The number of nitro groups is 1. The average Bonchev–Trinajstić information content (AvgIpc) is 2.38. The molecule has 1 fully saturated rings. The van der Waals surface area contributed by atoms with Crippen LogP contribution in [0.3, 0.4) is 0 Å². The van der Waals surface area contributed by atoms with Crippen molar-refractivity contribution in [3.05, 3.63) is 38.9 Å². The Labute approximate surface area is 124 Å². The summed E-state index contributed by atoms with van der Waals surface area (Å²) in [6.45, 7) is 2.80. The van der Waals surface area contributed by atoms with Gasteiger partial charge >= 0.3 is 0 Å². The first-order chi connectivity index (χ1) is 9.46. The fraction of sp³-hybridized carbons (Fsp3) is 0.600. The average molecular weight is 297 g/mol. The molecule has 0 saturated heterocycles. The van der Waals surface area contributed by atoms with Crippen molar-refractivity contribution in [1.29, 1.82) is 0 Å². The lowest BCUT2D eigenvalue weighted by Gasteiger charge is -2.39. The van der Waals surface area contributed by atoms with E-state index < -0.39 is 0 Å². The summed E-state index contributed by atoms with van der Waals surface area (Å²) in [6.07, 6.45) is 5.08. The number of hydrogen-bond donors (Lipinski definition) is 1. The fourth-order valence-corrected chi connectivity index (χ4v) is 3.66. The summed E-state index contributed by atoms with van der Waals surface area (Å²) >= 11 is 6.00. The minimum Gasteiger partial charge on any atom is -0.330 e. The van der Waals surface area contributed by atoms with Gasteiger partial charge in [0, 0.05) is 16.7 Å². The van der Waals surface area contributed by atoms with E-state index in [2.05, 4.69) is 6.92 Å². The van der Waals surface area contributed by atoms with Crippen LogP contribution in [0.15, 0.2) is 18.2 Å². The molecule has 1 saturated carbocycles. The molecule has 0 aliphatic heterocycles. The van der Waals surface area contributed by atoms with Crippen LogP contribution in [0.5, 0.6) is 0 Å². The zero-order valence-corrected chi connectivity index (χ0v) is 12.5. The largest absolute Gasteiger partial charge is 0.330 e. The molecule has 0 aromatic heterocycles. The maximum atomic E-state index is 11.2. The van der Waals surface area contributed by atoms with E-state index in [4.69, 9.17) is 17.3 Å². The second-order valence-corrected chi connectivity index (χ2v) is 6.55. The van der Waals surface area contributed by atoms with Crippen LogP contribution in [0.2, 0.25) is 5.02 Å². The molecular formula is C15H21ClN2O2. The second kappa shape index (κ2) is 6.10. The highest BCUT2D eigenvalue weighted by molar-refractivity contribution is 6.30. The smallest absolute Gasteiger partial charge is 0.272 e. The van der Waals surface area contributed by atoms with Crippen LogP contribution >= 0.6 is 11.6 Å². The Morgan fingerprint density at radius 1 is 1.55 bits per heavy atom.